The smallest absolute Gasteiger partial charge is 0.131 e. The molecule has 2 aliphatic rings. The first-order valence-electron chi connectivity index (χ1n) is 18.9. The minimum Gasteiger partial charge on any atom is -0.457 e. The number of rotatable bonds is 3. The maximum atomic E-state index is 9.65. The molecule has 1 atom stereocenters. The predicted octanol–water partition coefficient (Wildman–Crippen LogP) is 11.2. The summed E-state index contributed by atoms with van der Waals surface area (Å²) in [6, 6.07) is 44.7. The highest BCUT2D eigenvalue weighted by Gasteiger charge is 2.47. The molecule has 1 unspecified atom stereocenters. The Morgan fingerprint density at radius 3 is 1.57 bits per heavy atom. The topological polar surface area (TPSA) is 9.23 Å². The Morgan fingerprint density at radius 2 is 1.02 bits per heavy atom. The average molecular weight is 632 g/mol. The molecule has 0 bridgehead atoms. The van der Waals surface area contributed by atoms with Crippen molar-refractivity contribution in [3.8, 4) is 56.0 Å². The standard InChI is InChI=1S/C45H42OSi/c1-7-47(6,42-26-16-24-40-43(42)46-41-25-15-14-23-39(41)44(2,3)45(40,4)5)30-27-28-37-35-21-11-10-19-33(35)31-17-8-9-18-32(31)34-20-12-13-22-36(34)38(37)29-30/h8-29H,7H2,1-6H3/i6D3,7D2. The van der Waals surface area contributed by atoms with Gasteiger partial charge in [0, 0.05) is 28.8 Å². The molecule has 0 saturated heterocycles. The first-order valence-corrected chi connectivity index (χ1v) is 18.4. The summed E-state index contributed by atoms with van der Waals surface area (Å²) in [5, 5.41) is 0.953. The van der Waals surface area contributed by atoms with Crippen molar-refractivity contribution in [2.75, 3.05) is 0 Å². The van der Waals surface area contributed by atoms with E-state index >= 15 is 0 Å². The zero-order valence-electron chi connectivity index (χ0n) is 32.6. The molecule has 0 fully saturated rings. The molecule has 8 rings (SSSR count). The van der Waals surface area contributed by atoms with Crippen LogP contribution in [0.2, 0.25) is 12.5 Å². The molecule has 47 heavy (non-hydrogen) atoms. The molecular weight excluding hydrogens is 585 g/mol. The average Bonchev–Trinajstić information content (AvgIpc) is 3.17. The number of hydrogen-bond acceptors (Lipinski definition) is 1. The first-order chi connectivity index (χ1) is 24.6. The van der Waals surface area contributed by atoms with Gasteiger partial charge in [0.25, 0.3) is 0 Å². The number of benzene rings is 6. The Labute approximate surface area is 288 Å². The van der Waals surface area contributed by atoms with Gasteiger partial charge in [-0.3, -0.25) is 0 Å². The number of para-hydroxylation sites is 2. The van der Waals surface area contributed by atoms with Crippen molar-refractivity contribution in [3.05, 3.63) is 145 Å². The van der Waals surface area contributed by atoms with Crippen LogP contribution in [-0.2, 0) is 10.8 Å². The van der Waals surface area contributed by atoms with Gasteiger partial charge in [-0.1, -0.05) is 180 Å². The molecule has 6 aromatic rings. The number of ether oxygens (including phenoxy) is 1. The summed E-state index contributed by atoms with van der Waals surface area (Å²) in [4.78, 5) is 0. The normalized spacial score (nSPS) is 18.4. The SMILES string of the molecule is [2H]C([2H])([2H])[Si](c1ccc2c(c1)-c1ccccc1-c1ccccc1-c1ccccc1-2)(c1cccc2c1Oc1ccccc1C(C)(C)C2(C)C)C([2H])([2H])C. The zero-order valence-corrected chi connectivity index (χ0v) is 28.6. The van der Waals surface area contributed by atoms with Gasteiger partial charge in [0.1, 0.15) is 19.6 Å². The minimum absolute atomic E-state index is 0.390. The maximum absolute atomic E-state index is 9.65. The van der Waals surface area contributed by atoms with E-state index in [0.717, 1.165) is 55.6 Å². The fourth-order valence-electron chi connectivity index (χ4n) is 7.82. The molecule has 0 amide bonds. The molecule has 0 saturated carbocycles. The van der Waals surface area contributed by atoms with Gasteiger partial charge < -0.3 is 4.74 Å². The number of fused-ring (bicyclic) bond motifs is 10. The number of hydrogen-bond donors (Lipinski definition) is 0. The highest BCUT2D eigenvalue weighted by Crippen LogP contribution is 2.53. The molecule has 1 nitrogen and oxygen atoms in total. The van der Waals surface area contributed by atoms with Crippen LogP contribution in [0.1, 0.15) is 52.6 Å². The third-order valence-corrected chi connectivity index (χ3v) is 14.3. The Morgan fingerprint density at radius 1 is 0.553 bits per heavy atom. The molecule has 0 radical (unpaired) electrons. The lowest BCUT2D eigenvalue weighted by Gasteiger charge is -2.42. The van der Waals surface area contributed by atoms with Crippen LogP contribution in [0.25, 0.3) is 44.5 Å². The summed E-state index contributed by atoms with van der Waals surface area (Å²) < 4.78 is 54.5. The third kappa shape index (κ3) is 4.27. The monoisotopic (exact) mass is 631 g/mol. The van der Waals surface area contributed by atoms with Gasteiger partial charge in [0.2, 0.25) is 0 Å². The molecule has 1 aliphatic heterocycles. The molecule has 0 spiro atoms. The lowest BCUT2D eigenvalue weighted by Crippen LogP contribution is -2.56. The molecular formula is C45H42OSi. The van der Waals surface area contributed by atoms with Crippen molar-refractivity contribution in [2.45, 2.75) is 57.9 Å². The van der Waals surface area contributed by atoms with Gasteiger partial charge >= 0.3 is 0 Å². The first kappa shape index (κ1) is 24.5. The summed E-state index contributed by atoms with van der Waals surface area (Å²) in [7, 11) is -4.45. The Bertz CT molecular complexity index is 2360. The van der Waals surface area contributed by atoms with Gasteiger partial charge in [-0.25, -0.2) is 0 Å². The van der Waals surface area contributed by atoms with Gasteiger partial charge in [-0.05, 0) is 55.8 Å². The zero-order chi connectivity index (χ0) is 36.8. The van der Waals surface area contributed by atoms with E-state index in [1.807, 2.05) is 72.8 Å². The molecule has 1 aliphatic carbocycles. The van der Waals surface area contributed by atoms with Gasteiger partial charge in [0.05, 0.1) is 0 Å². The van der Waals surface area contributed by atoms with E-state index in [0.29, 0.717) is 21.9 Å². The fourth-order valence-corrected chi connectivity index (χ4v) is 10.3. The van der Waals surface area contributed by atoms with E-state index in [2.05, 4.69) is 88.4 Å². The second kappa shape index (κ2) is 10.7. The molecule has 1 heterocycles. The van der Waals surface area contributed by atoms with Crippen LogP contribution >= 0.6 is 0 Å². The van der Waals surface area contributed by atoms with Crippen molar-refractivity contribution in [3.63, 3.8) is 0 Å². The summed E-state index contributed by atoms with van der Waals surface area (Å²) >= 11 is 0. The Hall–Kier alpha value is -4.66. The van der Waals surface area contributed by atoms with Crippen LogP contribution in [0, 0.1) is 0 Å². The highest BCUT2D eigenvalue weighted by molar-refractivity contribution is 7.01. The van der Waals surface area contributed by atoms with E-state index in [4.69, 9.17) is 4.74 Å². The molecule has 0 aromatic heterocycles. The quantitative estimate of drug-likeness (QED) is 0.176. The lowest BCUT2D eigenvalue weighted by molar-refractivity contribution is 0.306. The second-order valence-electron chi connectivity index (χ2n) is 13.9. The summed E-state index contributed by atoms with van der Waals surface area (Å²) in [6.07, 6.45) is 0. The summed E-state index contributed by atoms with van der Waals surface area (Å²) in [5.74, 6) is -1.01. The second-order valence-corrected chi connectivity index (χ2v) is 17.0. The van der Waals surface area contributed by atoms with Crippen molar-refractivity contribution in [1.82, 2.24) is 0 Å². The maximum Gasteiger partial charge on any atom is 0.131 e. The third-order valence-electron chi connectivity index (χ3n) is 11.2. The van der Waals surface area contributed by atoms with E-state index in [1.165, 1.54) is 6.92 Å². The van der Waals surface area contributed by atoms with Crippen molar-refractivity contribution >= 4 is 18.4 Å². The summed E-state index contributed by atoms with van der Waals surface area (Å²) in [5.41, 5.74) is 9.26. The Balaban J connectivity index is 1.49. The molecule has 232 valence electrons. The van der Waals surface area contributed by atoms with E-state index in [-0.39, 0.29) is 0 Å². The van der Waals surface area contributed by atoms with Crippen molar-refractivity contribution in [1.29, 1.82) is 0 Å². The highest BCUT2D eigenvalue weighted by atomic mass is 28.3. The van der Waals surface area contributed by atoms with Gasteiger partial charge in [-0.2, -0.15) is 0 Å². The van der Waals surface area contributed by atoms with Gasteiger partial charge in [-0.15, -0.1) is 0 Å². The van der Waals surface area contributed by atoms with Crippen molar-refractivity contribution in [2.24, 2.45) is 0 Å². The Kier molecular flexibility index (Phi) is 5.57. The molecule has 2 heteroatoms. The van der Waals surface area contributed by atoms with E-state index < -0.39 is 31.4 Å². The van der Waals surface area contributed by atoms with Gasteiger partial charge in [0.15, 0.2) is 0 Å². The molecule has 0 N–H and O–H groups in total. The van der Waals surface area contributed by atoms with Crippen LogP contribution < -0.4 is 15.1 Å². The lowest BCUT2D eigenvalue weighted by atomic mass is 9.61. The summed E-state index contributed by atoms with van der Waals surface area (Å²) in [6.45, 7) is 7.52. The fraction of sp³-hybridized carbons (Fsp3) is 0.200. The van der Waals surface area contributed by atoms with Crippen LogP contribution in [-0.4, -0.2) is 8.07 Å². The van der Waals surface area contributed by atoms with Crippen molar-refractivity contribution < 1.29 is 11.6 Å². The molecule has 6 aromatic carbocycles. The van der Waals surface area contributed by atoms with E-state index in [9.17, 15) is 6.85 Å². The van der Waals surface area contributed by atoms with Crippen LogP contribution in [0.15, 0.2) is 133 Å². The predicted molar refractivity (Wildman–Crippen MR) is 202 cm³/mol. The van der Waals surface area contributed by atoms with Crippen LogP contribution in [0.3, 0.4) is 0 Å². The largest absolute Gasteiger partial charge is 0.457 e. The minimum atomic E-state index is -4.45. The van der Waals surface area contributed by atoms with Crippen LogP contribution in [0.4, 0.5) is 0 Å². The van der Waals surface area contributed by atoms with E-state index in [1.54, 1.807) is 0 Å². The van der Waals surface area contributed by atoms with Crippen LogP contribution in [0.5, 0.6) is 11.5 Å².